The molecule has 2 N–H and O–H groups in total. The fourth-order valence-corrected chi connectivity index (χ4v) is 1.73. The van der Waals surface area contributed by atoms with Crippen LogP contribution >= 0.6 is 0 Å². The predicted octanol–water partition coefficient (Wildman–Crippen LogP) is 3.58. The quantitative estimate of drug-likeness (QED) is 0.484. The summed E-state index contributed by atoms with van der Waals surface area (Å²) in [6.45, 7) is 0. The third-order valence-corrected chi connectivity index (χ3v) is 2.86. The minimum absolute atomic E-state index is 0.184. The maximum absolute atomic E-state index is 11.9. The molecule has 0 atom stereocenters. The molecule has 0 saturated heterocycles. The lowest BCUT2D eigenvalue weighted by Gasteiger charge is -2.06. The van der Waals surface area contributed by atoms with Gasteiger partial charge in [-0.3, -0.25) is 4.79 Å². The first-order chi connectivity index (χ1) is 10.6. The molecule has 0 aromatic heterocycles. The molecule has 0 bridgehead atoms. The van der Waals surface area contributed by atoms with E-state index >= 15 is 0 Å². The number of hydrogen-bond acceptors (Lipinski definition) is 4. The van der Waals surface area contributed by atoms with Crippen LogP contribution in [0.4, 0.5) is 0 Å². The molecule has 0 aliphatic rings. The topological polar surface area (TPSA) is 83.8 Å². The highest BCUT2D eigenvalue weighted by atomic mass is 16.5. The number of carbonyl (C=O) groups excluding carboxylic acids is 1. The summed E-state index contributed by atoms with van der Waals surface area (Å²) in [5.74, 6) is -1.31. The molecular weight excluding hydrogens is 284 g/mol. The summed E-state index contributed by atoms with van der Waals surface area (Å²) in [6.07, 6.45) is 0.788. The smallest absolute Gasteiger partial charge is 0.370 e. The molecule has 5 nitrogen and oxygen atoms in total. The van der Waals surface area contributed by atoms with Crippen LogP contribution < -0.4 is 4.74 Å². The Balaban J connectivity index is 2.01. The average molecular weight is 298 g/mol. The Hall–Kier alpha value is -3.08. The molecular formula is C17H14O5. The van der Waals surface area contributed by atoms with Gasteiger partial charge in [0, 0.05) is 12.0 Å². The number of carboxylic acids is 1. The molecule has 0 unspecified atom stereocenters. The zero-order chi connectivity index (χ0) is 15.9. The molecule has 0 heterocycles. The first kappa shape index (κ1) is 15.3. The van der Waals surface area contributed by atoms with Gasteiger partial charge in [-0.1, -0.05) is 18.2 Å². The maximum atomic E-state index is 11.9. The molecule has 2 aromatic rings. The number of carboxylic acid groups (broad SMARTS) is 1. The van der Waals surface area contributed by atoms with Crippen molar-refractivity contribution in [1.29, 1.82) is 0 Å². The number of rotatable bonds is 6. The molecule has 0 aliphatic heterocycles. The van der Waals surface area contributed by atoms with E-state index in [2.05, 4.69) is 0 Å². The fourth-order valence-electron chi connectivity index (χ4n) is 1.73. The van der Waals surface area contributed by atoms with Crippen LogP contribution in [0.2, 0.25) is 0 Å². The number of ether oxygens (including phenoxy) is 1. The zero-order valence-electron chi connectivity index (χ0n) is 11.6. The number of aliphatic hydroxyl groups is 1. The fraction of sp³-hybridized carbons (Fsp3) is 0.0588. The van der Waals surface area contributed by atoms with Crippen LogP contribution in [0.5, 0.6) is 11.5 Å². The Morgan fingerprint density at radius 1 is 0.909 bits per heavy atom. The van der Waals surface area contributed by atoms with Crippen LogP contribution in [-0.2, 0) is 4.79 Å². The maximum Gasteiger partial charge on any atom is 0.370 e. The summed E-state index contributed by atoms with van der Waals surface area (Å²) in [5, 5.41) is 17.5. The van der Waals surface area contributed by atoms with E-state index in [1.807, 2.05) is 30.3 Å². The second-order valence-corrected chi connectivity index (χ2v) is 4.46. The molecule has 5 heteroatoms. The number of benzene rings is 2. The van der Waals surface area contributed by atoms with Gasteiger partial charge in [-0.25, -0.2) is 4.79 Å². The van der Waals surface area contributed by atoms with E-state index in [-0.39, 0.29) is 12.2 Å². The van der Waals surface area contributed by atoms with Gasteiger partial charge in [0.1, 0.15) is 11.5 Å². The standard InChI is InChI=1S/C17H14O5/c18-15(10-11-16(19)17(20)21)12-6-8-14(9-7-12)22-13-4-2-1-3-5-13/h1-9,11,19H,10H2,(H,20,21). The van der Waals surface area contributed by atoms with Crippen molar-refractivity contribution in [2.75, 3.05) is 0 Å². The van der Waals surface area contributed by atoms with Gasteiger partial charge in [0.15, 0.2) is 11.5 Å². The summed E-state index contributed by atoms with van der Waals surface area (Å²) in [4.78, 5) is 22.3. The highest BCUT2D eigenvalue weighted by Gasteiger charge is 2.08. The van der Waals surface area contributed by atoms with Crippen molar-refractivity contribution < 1.29 is 24.5 Å². The largest absolute Gasteiger partial charge is 0.502 e. The van der Waals surface area contributed by atoms with Gasteiger partial charge in [-0.15, -0.1) is 0 Å². The monoisotopic (exact) mass is 298 g/mol. The first-order valence-electron chi connectivity index (χ1n) is 6.55. The lowest BCUT2D eigenvalue weighted by Crippen LogP contribution is -2.02. The molecule has 0 aliphatic carbocycles. The minimum atomic E-state index is -1.46. The van der Waals surface area contributed by atoms with Gasteiger partial charge in [0.05, 0.1) is 0 Å². The highest BCUT2D eigenvalue weighted by Crippen LogP contribution is 2.21. The molecule has 2 aromatic carbocycles. The number of ketones is 1. The van der Waals surface area contributed by atoms with Crippen molar-refractivity contribution in [3.05, 3.63) is 72.0 Å². The van der Waals surface area contributed by atoms with Crippen molar-refractivity contribution in [1.82, 2.24) is 0 Å². The second kappa shape index (κ2) is 7.08. The van der Waals surface area contributed by atoms with Gasteiger partial charge in [-0.2, -0.15) is 0 Å². The zero-order valence-corrected chi connectivity index (χ0v) is 11.6. The summed E-state index contributed by atoms with van der Waals surface area (Å²) in [7, 11) is 0. The second-order valence-electron chi connectivity index (χ2n) is 4.46. The number of aliphatic carboxylic acids is 1. The lowest BCUT2D eigenvalue weighted by atomic mass is 10.1. The van der Waals surface area contributed by atoms with Gasteiger partial charge < -0.3 is 14.9 Å². The van der Waals surface area contributed by atoms with Crippen LogP contribution in [0.3, 0.4) is 0 Å². The molecule has 22 heavy (non-hydrogen) atoms. The van der Waals surface area contributed by atoms with Crippen molar-refractivity contribution in [3.63, 3.8) is 0 Å². The summed E-state index contributed by atoms with van der Waals surface area (Å²) < 4.78 is 5.60. The predicted molar refractivity (Wildman–Crippen MR) is 80.3 cm³/mol. The Labute approximate surface area is 127 Å². The molecule has 0 amide bonds. The van der Waals surface area contributed by atoms with Crippen molar-refractivity contribution in [3.8, 4) is 11.5 Å². The van der Waals surface area contributed by atoms with E-state index in [0.29, 0.717) is 17.1 Å². The number of carbonyl (C=O) groups is 2. The molecule has 112 valence electrons. The Morgan fingerprint density at radius 2 is 1.50 bits per heavy atom. The summed E-state index contributed by atoms with van der Waals surface area (Å²) in [6, 6.07) is 15.7. The van der Waals surface area contributed by atoms with Crippen LogP contribution in [0, 0.1) is 0 Å². The van der Waals surface area contributed by atoms with Crippen molar-refractivity contribution in [2.45, 2.75) is 6.42 Å². The summed E-state index contributed by atoms with van der Waals surface area (Å²) in [5.41, 5.74) is 0.412. The molecule has 2 rings (SSSR count). The van der Waals surface area contributed by atoms with E-state index in [0.717, 1.165) is 6.08 Å². The Bertz CT molecular complexity index is 687. The number of Topliss-reactive ketones (excluding diaryl/α,β-unsaturated/α-hetero) is 1. The van der Waals surface area contributed by atoms with Gasteiger partial charge >= 0.3 is 5.97 Å². The molecule has 0 fully saturated rings. The molecule has 0 spiro atoms. The lowest BCUT2D eigenvalue weighted by molar-refractivity contribution is -0.135. The van der Waals surface area contributed by atoms with Crippen molar-refractivity contribution in [2.24, 2.45) is 0 Å². The minimum Gasteiger partial charge on any atom is -0.502 e. The normalized spacial score (nSPS) is 11.0. The van der Waals surface area contributed by atoms with Crippen LogP contribution in [0.25, 0.3) is 0 Å². The van der Waals surface area contributed by atoms with Crippen molar-refractivity contribution >= 4 is 11.8 Å². The van der Waals surface area contributed by atoms with Gasteiger partial charge in [0.25, 0.3) is 0 Å². The van der Waals surface area contributed by atoms with E-state index in [9.17, 15) is 9.59 Å². The van der Waals surface area contributed by atoms with E-state index in [4.69, 9.17) is 14.9 Å². The van der Waals surface area contributed by atoms with Gasteiger partial charge in [0.2, 0.25) is 0 Å². The number of aliphatic hydroxyl groups excluding tert-OH is 1. The van der Waals surface area contributed by atoms with Crippen LogP contribution in [0.1, 0.15) is 16.8 Å². The first-order valence-corrected chi connectivity index (χ1v) is 6.55. The van der Waals surface area contributed by atoms with E-state index in [1.165, 1.54) is 0 Å². The Morgan fingerprint density at radius 3 is 2.09 bits per heavy atom. The van der Waals surface area contributed by atoms with E-state index < -0.39 is 11.7 Å². The highest BCUT2D eigenvalue weighted by molar-refractivity contribution is 5.97. The SMILES string of the molecule is O=C(O)C(O)=CCC(=O)c1ccc(Oc2ccccc2)cc1. The number of hydrogen-bond donors (Lipinski definition) is 2. The molecule has 0 radical (unpaired) electrons. The van der Waals surface area contributed by atoms with Gasteiger partial charge in [-0.05, 0) is 42.5 Å². The third kappa shape index (κ3) is 4.21. The summed E-state index contributed by atoms with van der Waals surface area (Å²) >= 11 is 0. The van der Waals surface area contributed by atoms with Crippen LogP contribution in [-0.4, -0.2) is 22.0 Å². The number of allylic oxidation sites excluding steroid dienone is 1. The average Bonchev–Trinajstić information content (AvgIpc) is 2.54. The molecule has 0 saturated carbocycles. The third-order valence-electron chi connectivity index (χ3n) is 2.86. The van der Waals surface area contributed by atoms with Crippen LogP contribution in [0.15, 0.2) is 66.4 Å². The van der Waals surface area contributed by atoms with E-state index in [1.54, 1.807) is 24.3 Å². The Kier molecular flexibility index (Phi) is 4.93. The number of para-hydroxylation sites is 1.